The summed E-state index contributed by atoms with van der Waals surface area (Å²) in [6, 6.07) is 9.82. The van der Waals surface area contributed by atoms with Crippen molar-refractivity contribution in [1.82, 2.24) is 10.4 Å². The minimum Gasteiger partial charge on any atom is -0.288 e. The van der Waals surface area contributed by atoms with Crippen LogP contribution in [0.1, 0.15) is 32.3 Å². The average Bonchev–Trinajstić information content (AvgIpc) is 2.35. The van der Waals surface area contributed by atoms with Gasteiger partial charge in [0.1, 0.15) is 0 Å². The fourth-order valence-corrected chi connectivity index (χ4v) is 1.53. The molecule has 0 saturated heterocycles. The second-order valence-electron chi connectivity index (χ2n) is 3.78. The van der Waals surface area contributed by atoms with E-state index in [-0.39, 0.29) is 11.8 Å². The molecule has 1 unspecified atom stereocenters. The minimum absolute atomic E-state index is 0.0508. The monoisotopic (exact) mass is 220 g/mol. The van der Waals surface area contributed by atoms with Crippen molar-refractivity contribution in [3.63, 3.8) is 0 Å². The molecule has 1 rings (SSSR count). The number of carbonyl (C=O) groups excluding carboxylic acids is 1. The van der Waals surface area contributed by atoms with Gasteiger partial charge in [0, 0.05) is 13.1 Å². The van der Waals surface area contributed by atoms with Crippen molar-refractivity contribution in [2.45, 2.75) is 26.7 Å². The molecule has 1 N–H and O–H groups in total. The molecular weight excluding hydrogens is 200 g/mol. The first-order chi connectivity index (χ1) is 7.69. The van der Waals surface area contributed by atoms with Crippen molar-refractivity contribution in [1.29, 1.82) is 0 Å². The Morgan fingerprint density at radius 2 is 1.81 bits per heavy atom. The van der Waals surface area contributed by atoms with Crippen molar-refractivity contribution in [3.05, 3.63) is 35.9 Å². The number of rotatable bonds is 5. The quantitative estimate of drug-likeness (QED) is 0.771. The van der Waals surface area contributed by atoms with Gasteiger partial charge in [0.15, 0.2) is 0 Å². The van der Waals surface area contributed by atoms with Gasteiger partial charge in [-0.15, -0.1) is 0 Å². The van der Waals surface area contributed by atoms with Gasteiger partial charge in [-0.1, -0.05) is 44.2 Å². The lowest BCUT2D eigenvalue weighted by atomic mass is 10.0. The molecule has 1 aromatic carbocycles. The standard InChI is InChI=1S/C13H20N2O/c1-4-15(5-2)14-13(16)11(3)12-9-7-6-8-10-12/h6-11H,4-5H2,1-3H3,(H,14,16). The number of carbonyl (C=O) groups is 1. The third-order valence-electron chi connectivity index (χ3n) is 2.72. The van der Waals surface area contributed by atoms with Crippen LogP contribution in [0.2, 0.25) is 0 Å². The summed E-state index contributed by atoms with van der Waals surface area (Å²) in [4.78, 5) is 11.9. The highest BCUT2D eigenvalue weighted by Crippen LogP contribution is 2.14. The largest absolute Gasteiger partial charge is 0.288 e. The van der Waals surface area contributed by atoms with Gasteiger partial charge in [0.25, 0.3) is 0 Å². The second kappa shape index (κ2) is 6.28. The summed E-state index contributed by atoms with van der Waals surface area (Å²) in [6.45, 7) is 7.62. The normalized spacial score (nSPS) is 12.5. The lowest BCUT2D eigenvalue weighted by Gasteiger charge is -2.22. The third kappa shape index (κ3) is 3.35. The van der Waals surface area contributed by atoms with Crippen LogP contribution >= 0.6 is 0 Å². The van der Waals surface area contributed by atoms with Crippen LogP contribution in [0.3, 0.4) is 0 Å². The van der Waals surface area contributed by atoms with Gasteiger partial charge in [-0.25, -0.2) is 5.01 Å². The summed E-state index contributed by atoms with van der Waals surface area (Å²) < 4.78 is 0. The molecule has 0 heterocycles. The molecule has 0 aliphatic rings. The van der Waals surface area contributed by atoms with Gasteiger partial charge in [0.2, 0.25) is 5.91 Å². The van der Waals surface area contributed by atoms with Crippen molar-refractivity contribution in [3.8, 4) is 0 Å². The summed E-state index contributed by atoms with van der Waals surface area (Å²) >= 11 is 0. The second-order valence-corrected chi connectivity index (χ2v) is 3.78. The molecule has 0 fully saturated rings. The van der Waals surface area contributed by atoms with Gasteiger partial charge in [-0.3, -0.25) is 10.2 Å². The van der Waals surface area contributed by atoms with E-state index in [1.165, 1.54) is 0 Å². The first kappa shape index (κ1) is 12.7. The summed E-state index contributed by atoms with van der Waals surface area (Å²) in [5, 5.41) is 1.90. The molecular formula is C13H20N2O. The lowest BCUT2D eigenvalue weighted by Crippen LogP contribution is -2.43. The smallest absolute Gasteiger partial charge is 0.241 e. The van der Waals surface area contributed by atoms with Crippen LogP contribution in [0.25, 0.3) is 0 Å². The van der Waals surface area contributed by atoms with Crippen LogP contribution in [0.5, 0.6) is 0 Å². The van der Waals surface area contributed by atoms with E-state index in [9.17, 15) is 4.79 Å². The highest BCUT2D eigenvalue weighted by molar-refractivity contribution is 5.82. The van der Waals surface area contributed by atoms with Crippen LogP contribution in [-0.2, 0) is 4.79 Å². The van der Waals surface area contributed by atoms with Gasteiger partial charge >= 0.3 is 0 Å². The maximum Gasteiger partial charge on any atom is 0.241 e. The summed E-state index contributed by atoms with van der Waals surface area (Å²) in [5.41, 5.74) is 3.96. The Bertz CT molecular complexity index is 320. The number of hydrazine groups is 1. The molecule has 0 aromatic heterocycles. The van der Waals surface area contributed by atoms with Gasteiger partial charge in [0.05, 0.1) is 5.92 Å². The van der Waals surface area contributed by atoms with Crippen molar-refractivity contribution >= 4 is 5.91 Å². The number of nitrogens with one attached hydrogen (secondary N) is 1. The van der Waals surface area contributed by atoms with Crippen LogP contribution < -0.4 is 5.43 Å². The van der Waals surface area contributed by atoms with Gasteiger partial charge in [-0.2, -0.15) is 0 Å². The molecule has 1 amide bonds. The van der Waals surface area contributed by atoms with Crippen molar-refractivity contribution in [2.24, 2.45) is 0 Å². The predicted molar refractivity (Wildman–Crippen MR) is 65.9 cm³/mol. The number of amides is 1. The molecule has 1 atom stereocenters. The van der Waals surface area contributed by atoms with Gasteiger partial charge in [-0.05, 0) is 12.5 Å². The molecule has 3 nitrogen and oxygen atoms in total. The lowest BCUT2D eigenvalue weighted by molar-refractivity contribution is -0.126. The van der Waals surface area contributed by atoms with Crippen molar-refractivity contribution in [2.75, 3.05) is 13.1 Å². The zero-order chi connectivity index (χ0) is 12.0. The molecule has 3 heteroatoms. The Morgan fingerprint density at radius 3 is 2.31 bits per heavy atom. The number of hydrogen-bond acceptors (Lipinski definition) is 2. The molecule has 16 heavy (non-hydrogen) atoms. The SMILES string of the molecule is CCN(CC)NC(=O)C(C)c1ccccc1. The van der Waals surface area contributed by atoms with Crippen LogP contribution in [-0.4, -0.2) is 24.0 Å². The highest BCUT2D eigenvalue weighted by atomic mass is 16.2. The Labute approximate surface area is 97.4 Å². The highest BCUT2D eigenvalue weighted by Gasteiger charge is 2.16. The maximum atomic E-state index is 11.9. The topological polar surface area (TPSA) is 32.3 Å². The molecule has 1 aromatic rings. The third-order valence-corrected chi connectivity index (χ3v) is 2.72. The van der Waals surface area contributed by atoms with Crippen molar-refractivity contribution < 1.29 is 4.79 Å². The number of benzene rings is 1. The van der Waals surface area contributed by atoms with E-state index in [1.807, 2.05) is 56.1 Å². The fraction of sp³-hybridized carbons (Fsp3) is 0.462. The Balaban J connectivity index is 2.61. The summed E-state index contributed by atoms with van der Waals surface area (Å²) in [5.74, 6) is -0.0586. The number of nitrogens with zero attached hydrogens (tertiary/aromatic N) is 1. The summed E-state index contributed by atoms with van der Waals surface area (Å²) in [6.07, 6.45) is 0. The summed E-state index contributed by atoms with van der Waals surface area (Å²) in [7, 11) is 0. The first-order valence-corrected chi connectivity index (χ1v) is 5.79. The first-order valence-electron chi connectivity index (χ1n) is 5.79. The maximum absolute atomic E-state index is 11.9. The zero-order valence-electron chi connectivity index (χ0n) is 10.2. The van der Waals surface area contributed by atoms with E-state index in [4.69, 9.17) is 0 Å². The molecule has 0 bridgehead atoms. The predicted octanol–water partition coefficient (Wildman–Crippen LogP) is 2.16. The van der Waals surface area contributed by atoms with E-state index in [0.717, 1.165) is 18.7 Å². The minimum atomic E-state index is -0.109. The zero-order valence-corrected chi connectivity index (χ0v) is 10.2. The van der Waals surface area contributed by atoms with E-state index >= 15 is 0 Å². The molecule has 88 valence electrons. The fourth-order valence-electron chi connectivity index (χ4n) is 1.53. The molecule has 0 aliphatic carbocycles. The van der Waals surface area contributed by atoms with Crippen LogP contribution in [0.4, 0.5) is 0 Å². The number of hydrogen-bond donors (Lipinski definition) is 1. The Morgan fingerprint density at radius 1 is 1.25 bits per heavy atom. The van der Waals surface area contributed by atoms with Gasteiger partial charge < -0.3 is 0 Å². The molecule has 0 aliphatic heterocycles. The molecule has 0 radical (unpaired) electrons. The Kier molecular flexibility index (Phi) is 4.99. The average molecular weight is 220 g/mol. The van der Waals surface area contributed by atoms with E-state index < -0.39 is 0 Å². The van der Waals surface area contributed by atoms with Crippen LogP contribution in [0, 0.1) is 0 Å². The van der Waals surface area contributed by atoms with E-state index in [2.05, 4.69) is 5.43 Å². The van der Waals surface area contributed by atoms with E-state index in [0.29, 0.717) is 0 Å². The van der Waals surface area contributed by atoms with Crippen LogP contribution in [0.15, 0.2) is 30.3 Å². The van der Waals surface area contributed by atoms with E-state index in [1.54, 1.807) is 0 Å². The molecule has 0 saturated carbocycles. The Hall–Kier alpha value is -1.35. The molecule has 0 spiro atoms.